The Morgan fingerprint density at radius 2 is 1.95 bits per heavy atom. The molecule has 0 amide bonds. The topological polar surface area (TPSA) is 61.6 Å². The summed E-state index contributed by atoms with van der Waals surface area (Å²) < 4.78 is 11.0. The molecule has 4 nitrogen and oxygen atoms in total. The largest absolute Gasteiger partial charge is 0.486 e. The summed E-state index contributed by atoms with van der Waals surface area (Å²) in [7, 11) is 0. The van der Waals surface area contributed by atoms with E-state index in [0.717, 1.165) is 17.7 Å². The van der Waals surface area contributed by atoms with Crippen LogP contribution in [0.15, 0.2) is 48.5 Å². The lowest BCUT2D eigenvalue weighted by Gasteiger charge is -2.11. The van der Waals surface area contributed by atoms with Gasteiger partial charge >= 0.3 is 5.97 Å². The summed E-state index contributed by atoms with van der Waals surface area (Å²) in [5, 5.41) is 0. The number of nitrogens with two attached hydrogens (primary N) is 1. The third-order valence-electron chi connectivity index (χ3n) is 3.26. The Morgan fingerprint density at radius 1 is 1.20 bits per heavy atom. The molecule has 0 aromatic heterocycles. The zero-order chi connectivity index (χ0) is 13.9. The second-order valence-corrected chi connectivity index (χ2v) is 4.77. The van der Waals surface area contributed by atoms with Gasteiger partial charge in [-0.1, -0.05) is 18.2 Å². The van der Waals surface area contributed by atoms with Gasteiger partial charge in [0.1, 0.15) is 18.5 Å². The second kappa shape index (κ2) is 5.25. The zero-order valence-corrected chi connectivity index (χ0v) is 10.9. The van der Waals surface area contributed by atoms with Crippen LogP contribution in [0, 0.1) is 0 Å². The summed E-state index contributed by atoms with van der Waals surface area (Å²) in [4.78, 5) is 11.9. The van der Waals surface area contributed by atoms with E-state index in [4.69, 9.17) is 15.2 Å². The highest BCUT2D eigenvalue weighted by Crippen LogP contribution is 2.28. The molecule has 0 saturated heterocycles. The van der Waals surface area contributed by atoms with E-state index < -0.39 is 0 Å². The fourth-order valence-electron chi connectivity index (χ4n) is 2.22. The van der Waals surface area contributed by atoms with Crippen molar-refractivity contribution in [2.45, 2.75) is 12.5 Å². The molecule has 1 heterocycles. The number of benzene rings is 2. The molecule has 1 aliphatic rings. The Bertz CT molecular complexity index is 597. The van der Waals surface area contributed by atoms with Gasteiger partial charge in [-0.05, 0) is 35.9 Å². The molecule has 2 aromatic rings. The first kappa shape index (κ1) is 12.5. The van der Waals surface area contributed by atoms with Crippen molar-refractivity contribution >= 4 is 11.7 Å². The van der Waals surface area contributed by atoms with Gasteiger partial charge in [-0.2, -0.15) is 0 Å². The Hall–Kier alpha value is -2.49. The molecule has 0 aliphatic carbocycles. The predicted molar refractivity (Wildman–Crippen MR) is 75.7 cm³/mol. The molecule has 1 aliphatic heterocycles. The van der Waals surface area contributed by atoms with E-state index in [1.165, 1.54) is 0 Å². The molecule has 2 N–H and O–H groups in total. The van der Waals surface area contributed by atoms with Crippen LogP contribution >= 0.6 is 0 Å². The van der Waals surface area contributed by atoms with Gasteiger partial charge in [0.05, 0.1) is 5.56 Å². The van der Waals surface area contributed by atoms with Crippen LogP contribution in [0.4, 0.5) is 5.69 Å². The monoisotopic (exact) mass is 269 g/mol. The quantitative estimate of drug-likeness (QED) is 0.686. The molecule has 0 radical (unpaired) electrons. The molecule has 2 aromatic carbocycles. The Morgan fingerprint density at radius 3 is 2.70 bits per heavy atom. The molecule has 20 heavy (non-hydrogen) atoms. The van der Waals surface area contributed by atoms with Crippen molar-refractivity contribution < 1.29 is 14.3 Å². The van der Waals surface area contributed by atoms with Crippen molar-refractivity contribution in [3.8, 4) is 5.75 Å². The number of hydrogen-bond donors (Lipinski definition) is 1. The average Bonchev–Trinajstić information content (AvgIpc) is 2.88. The lowest BCUT2D eigenvalue weighted by Crippen LogP contribution is -2.22. The molecule has 3 rings (SSSR count). The van der Waals surface area contributed by atoms with E-state index in [-0.39, 0.29) is 18.7 Å². The van der Waals surface area contributed by atoms with Gasteiger partial charge in [0.15, 0.2) is 0 Å². The van der Waals surface area contributed by atoms with E-state index in [0.29, 0.717) is 11.3 Å². The first-order valence-electron chi connectivity index (χ1n) is 6.49. The van der Waals surface area contributed by atoms with Crippen molar-refractivity contribution in [2.75, 3.05) is 12.3 Å². The molecule has 1 atom stereocenters. The fourth-order valence-corrected chi connectivity index (χ4v) is 2.22. The third-order valence-corrected chi connectivity index (χ3v) is 3.26. The third kappa shape index (κ3) is 2.59. The Balaban J connectivity index is 1.56. The number of para-hydroxylation sites is 1. The van der Waals surface area contributed by atoms with Crippen LogP contribution in [-0.4, -0.2) is 18.7 Å². The van der Waals surface area contributed by atoms with Gasteiger partial charge < -0.3 is 15.2 Å². The SMILES string of the molecule is Nc1ccc(C(=O)OCC2Cc3ccccc3O2)cc1. The molecular formula is C16H15NO3. The minimum absolute atomic E-state index is 0.106. The van der Waals surface area contributed by atoms with E-state index >= 15 is 0 Å². The standard InChI is InChI=1S/C16H15NO3/c17-13-7-5-11(6-8-13)16(18)19-10-14-9-12-3-1-2-4-15(12)20-14/h1-8,14H,9-10,17H2. The van der Waals surface area contributed by atoms with Gasteiger partial charge in [0, 0.05) is 12.1 Å². The molecule has 0 bridgehead atoms. The lowest BCUT2D eigenvalue weighted by molar-refractivity contribution is 0.0347. The highest BCUT2D eigenvalue weighted by atomic mass is 16.6. The first-order valence-corrected chi connectivity index (χ1v) is 6.49. The Kier molecular flexibility index (Phi) is 3.29. The summed E-state index contributed by atoms with van der Waals surface area (Å²) >= 11 is 0. The molecule has 4 heteroatoms. The summed E-state index contributed by atoms with van der Waals surface area (Å²) in [5.41, 5.74) is 7.85. The minimum atomic E-state index is -0.357. The smallest absolute Gasteiger partial charge is 0.338 e. The van der Waals surface area contributed by atoms with Crippen molar-refractivity contribution in [1.29, 1.82) is 0 Å². The Labute approximate surface area is 117 Å². The predicted octanol–water partition coefficient (Wildman–Crippen LogP) is 2.43. The van der Waals surface area contributed by atoms with Crippen LogP contribution in [0.5, 0.6) is 5.75 Å². The highest BCUT2D eigenvalue weighted by molar-refractivity contribution is 5.89. The number of esters is 1. The maximum Gasteiger partial charge on any atom is 0.338 e. The molecule has 1 unspecified atom stereocenters. The van der Waals surface area contributed by atoms with Crippen LogP contribution in [0.25, 0.3) is 0 Å². The summed E-state index contributed by atoms with van der Waals surface area (Å²) in [6.07, 6.45) is 0.663. The van der Waals surface area contributed by atoms with Crippen LogP contribution in [0.3, 0.4) is 0 Å². The number of ether oxygens (including phenoxy) is 2. The number of hydrogen-bond acceptors (Lipinski definition) is 4. The van der Waals surface area contributed by atoms with Gasteiger partial charge in [-0.25, -0.2) is 4.79 Å². The van der Waals surface area contributed by atoms with Crippen LogP contribution in [0.1, 0.15) is 15.9 Å². The fraction of sp³-hybridized carbons (Fsp3) is 0.188. The first-order chi connectivity index (χ1) is 9.72. The van der Waals surface area contributed by atoms with Gasteiger partial charge in [0.25, 0.3) is 0 Å². The molecule has 0 spiro atoms. The molecular weight excluding hydrogens is 254 g/mol. The van der Waals surface area contributed by atoms with Crippen molar-refractivity contribution in [1.82, 2.24) is 0 Å². The molecule has 0 fully saturated rings. The summed E-state index contributed by atoms with van der Waals surface area (Å²) in [6.45, 7) is 0.248. The van der Waals surface area contributed by atoms with Crippen LogP contribution in [0.2, 0.25) is 0 Å². The van der Waals surface area contributed by atoms with E-state index in [1.54, 1.807) is 24.3 Å². The van der Waals surface area contributed by atoms with Crippen molar-refractivity contribution in [3.63, 3.8) is 0 Å². The van der Waals surface area contributed by atoms with E-state index in [2.05, 4.69) is 0 Å². The summed E-state index contributed by atoms with van der Waals surface area (Å²) in [5.74, 6) is 0.519. The maximum atomic E-state index is 11.9. The minimum Gasteiger partial charge on any atom is -0.486 e. The zero-order valence-electron chi connectivity index (χ0n) is 10.9. The molecule has 102 valence electrons. The second-order valence-electron chi connectivity index (χ2n) is 4.77. The number of nitrogen functional groups attached to an aromatic ring is 1. The normalized spacial score (nSPS) is 16.3. The number of fused-ring (bicyclic) bond motifs is 1. The number of anilines is 1. The van der Waals surface area contributed by atoms with Gasteiger partial charge in [-0.15, -0.1) is 0 Å². The number of carbonyl (C=O) groups is 1. The van der Waals surface area contributed by atoms with Crippen LogP contribution in [-0.2, 0) is 11.2 Å². The van der Waals surface area contributed by atoms with E-state index in [1.807, 2.05) is 24.3 Å². The number of rotatable bonds is 3. The van der Waals surface area contributed by atoms with Crippen molar-refractivity contribution in [2.24, 2.45) is 0 Å². The lowest BCUT2D eigenvalue weighted by atomic mass is 10.1. The van der Waals surface area contributed by atoms with Crippen molar-refractivity contribution in [3.05, 3.63) is 59.7 Å². The van der Waals surface area contributed by atoms with E-state index in [9.17, 15) is 4.79 Å². The average molecular weight is 269 g/mol. The van der Waals surface area contributed by atoms with Gasteiger partial charge in [-0.3, -0.25) is 0 Å². The van der Waals surface area contributed by atoms with Gasteiger partial charge in [0.2, 0.25) is 0 Å². The molecule has 0 saturated carbocycles. The maximum absolute atomic E-state index is 11.9. The highest BCUT2D eigenvalue weighted by Gasteiger charge is 2.23. The summed E-state index contributed by atoms with van der Waals surface area (Å²) in [6, 6.07) is 14.5. The van der Waals surface area contributed by atoms with Crippen LogP contribution < -0.4 is 10.5 Å². The number of carbonyl (C=O) groups excluding carboxylic acids is 1.